The number of hydrogen-bond donors (Lipinski definition) is 1. The highest BCUT2D eigenvalue weighted by Gasteiger charge is 2.19. The Kier molecular flexibility index (Phi) is 4.78. The molecule has 0 aliphatic rings. The second-order valence-electron chi connectivity index (χ2n) is 5.85. The zero-order valence-electron chi connectivity index (χ0n) is 12.8. The second kappa shape index (κ2) is 6.37. The number of ether oxygens (including phenoxy) is 1. The van der Waals surface area contributed by atoms with Gasteiger partial charge in [-0.2, -0.15) is 0 Å². The van der Waals surface area contributed by atoms with Gasteiger partial charge in [-0.25, -0.2) is 4.98 Å². The van der Waals surface area contributed by atoms with Crippen LogP contribution in [0.4, 0.5) is 0 Å². The number of benzene rings is 1. The summed E-state index contributed by atoms with van der Waals surface area (Å²) in [6.07, 6.45) is 1.77. The summed E-state index contributed by atoms with van der Waals surface area (Å²) >= 11 is 0. The molecule has 0 saturated carbocycles. The number of fused-ring (bicyclic) bond motifs is 1. The molecule has 1 aromatic heterocycles. The lowest BCUT2D eigenvalue weighted by Gasteiger charge is -2.27. The summed E-state index contributed by atoms with van der Waals surface area (Å²) in [4.78, 5) is 4.47. The molecule has 1 heterocycles. The van der Waals surface area contributed by atoms with Gasteiger partial charge in [-0.05, 0) is 39.3 Å². The van der Waals surface area contributed by atoms with Crippen LogP contribution in [0.3, 0.4) is 0 Å². The molecule has 0 saturated heterocycles. The first-order valence-corrected chi connectivity index (χ1v) is 7.13. The Labute approximate surface area is 120 Å². The van der Waals surface area contributed by atoms with Crippen LogP contribution in [0.5, 0.6) is 0 Å². The fourth-order valence-corrected chi connectivity index (χ4v) is 2.35. The number of hydrogen-bond acceptors (Lipinski definition) is 4. The van der Waals surface area contributed by atoms with Crippen LogP contribution < -0.4 is 5.32 Å². The van der Waals surface area contributed by atoms with Gasteiger partial charge >= 0.3 is 0 Å². The molecule has 4 heteroatoms. The minimum absolute atomic E-state index is 0.0932. The lowest BCUT2D eigenvalue weighted by Crippen LogP contribution is -2.36. The first-order chi connectivity index (χ1) is 9.50. The molecule has 0 radical (unpaired) electrons. The van der Waals surface area contributed by atoms with Gasteiger partial charge in [-0.15, -0.1) is 0 Å². The second-order valence-corrected chi connectivity index (χ2v) is 5.85. The van der Waals surface area contributed by atoms with Gasteiger partial charge in [-0.3, -0.25) is 0 Å². The number of nitrogens with one attached hydrogen (secondary N) is 1. The summed E-state index contributed by atoms with van der Waals surface area (Å²) in [6, 6.07) is 8.25. The van der Waals surface area contributed by atoms with Crippen LogP contribution in [0, 0.1) is 0 Å². The lowest BCUT2D eigenvalue weighted by atomic mass is 10.00. The summed E-state index contributed by atoms with van der Waals surface area (Å²) in [7, 11) is 1.76. The third-order valence-corrected chi connectivity index (χ3v) is 3.52. The summed E-state index contributed by atoms with van der Waals surface area (Å²) in [5, 5.41) is 3.49. The Bertz CT molecular complexity index is 515. The number of rotatable bonds is 7. The largest absolute Gasteiger partial charge is 0.441 e. The molecular formula is C16H24N2O2. The summed E-state index contributed by atoms with van der Waals surface area (Å²) in [6.45, 7) is 7.23. The van der Waals surface area contributed by atoms with Crippen LogP contribution in [0.1, 0.15) is 33.1 Å². The van der Waals surface area contributed by atoms with E-state index in [1.54, 1.807) is 7.11 Å². The molecule has 0 aliphatic heterocycles. The van der Waals surface area contributed by atoms with Gasteiger partial charge < -0.3 is 14.5 Å². The smallest absolute Gasteiger partial charge is 0.196 e. The van der Waals surface area contributed by atoms with Crippen molar-refractivity contribution in [1.82, 2.24) is 10.3 Å². The molecule has 20 heavy (non-hydrogen) atoms. The van der Waals surface area contributed by atoms with Crippen molar-refractivity contribution >= 4 is 11.1 Å². The van der Waals surface area contributed by atoms with Crippen molar-refractivity contribution in [3.05, 3.63) is 30.2 Å². The number of aromatic nitrogens is 1. The van der Waals surface area contributed by atoms with Crippen LogP contribution in [0.15, 0.2) is 28.7 Å². The van der Waals surface area contributed by atoms with Gasteiger partial charge in [0.1, 0.15) is 5.52 Å². The molecule has 4 nitrogen and oxygen atoms in total. The van der Waals surface area contributed by atoms with Crippen molar-refractivity contribution in [2.45, 2.75) is 45.3 Å². The van der Waals surface area contributed by atoms with E-state index in [2.05, 4.69) is 31.1 Å². The topological polar surface area (TPSA) is 47.3 Å². The van der Waals surface area contributed by atoms with Crippen molar-refractivity contribution in [2.75, 3.05) is 13.7 Å². The molecule has 2 aromatic rings. The molecule has 1 unspecified atom stereocenters. The molecule has 0 spiro atoms. The minimum atomic E-state index is -0.0932. The maximum absolute atomic E-state index is 5.70. The van der Waals surface area contributed by atoms with E-state index in [0.29, 0.717) is 6.04 Å². The van der Waals surface area contributed by atoms with Gasteiger partial charge in [-0.1, -0.05) is 12.1 Å². The van der Waals surface area contributed by atoms with E-state index in [1.165, 1.54) is 0 Å². The van der Waals surface area contributed by atoms with E-state index < -0.39 is 0 Å². The van der Waals surface area contributed by atoms with E-state index in [-0.39, 0.29) is 5.60 Å². The molecular weight excluding hydrogens is 252 g/mol. The molecule has 0 aliphatic carbocycles. The van der Waals surface area contributed by atoms with Crippen LogP contribution in [-0.2, 0) is 11.2 Å². The molecule has 0 amide bonds. The van der Waals surface area contributed by atoms with Gasteiger partial charge in [0.15, 0.2) is 11.5 Å². The van der Waals surface area contributed by atoms with Crippen molar-refractivity contribution in [3.63, 3.8) is 0 Å². The number of methoxy groups -OCH3 is 1. The van der Waals surface area contributed by atoms with Gasteiger partial charge in [0.2, 0.25) is 0 Å². The molecule has 2 rings (SSSR count). The van der Waals surface area contributed by atoms with E-state index in [4.69, 9.17) is 9.15 Å². The number of nitrogens with zero attached hydrogens (tertiary/aromatic N) is 1. The monoisotopic (exact) mass is 276 g/mol. The maximum atomic E-state index is 5.70. The number of oxazole rings is 1. The normalized spacial score (nSPS) is 13.8. The molecule has 1 aromatic carbocycles. The molecule has 0 fully saturated rings. The Hall–Kier alpha value is -1.39. The Morgan fingerprint density at radius 3 is 2.80 bits per heavy atom. The average molecular weight is 276 g/mol. The quantitative estimate of drug-likeness (QED) is 0.844. The minimum Gasteiger partial charge on any atom is -0.441 e. The van der Waals surface area contributed by atoms with Crippen molar-refractivity contribution in [2.24, 2.45) is 0 Å². The standard InChI is InChI=1S/C16H24N2O2/c1-12(11-16(2,3)19-4)17-10-9-15-18-13-7-5-6-8-14(13)20-15/h5-8,12,17H,9-11H2,1-4H3. The SMILES string of the molecule is COC(C)(C)CC(C)NCCc1nc2ccccc2o1. The van der Waals surface area contributed by atoms with Gasteiger partial charge in [0.05, 0.1) is 5.60 Å². The maximum Gasteiger partial charge on any atom is 0.196 e. The van der Waals surface area contributed by atoms with Gasteiger partial charge in [0.25, 0.3) is 0 Å². The van der Waals surface area contributed by atoms with Crippen molar-refractivity contribution in [3.8, 4) is 0 Å². The first-order valence-electron chi connectivity index (χ1n) is 7.13. The fourth-order valence-electron chi connectivity index (χ4n) is 2.35. The Balaban J connectivity index is 1.81. The van der Waals surface area contributed by atoms with E-state index >= 15 is 0 Å². The van der Waals surface area contributed by atoms with Crippen LogP contribution >= 0.6 is 0 Å². The third kappa shape index (κ3) is 4.05. The number of para-hydroxylation sites is 2. The summed E-state index contributed by atoms with van der Waals surface area (Å²) in [5.41, 5.74) is 1.69. The van der Waals surface area contributed by atoms with Crippen LogP contribution in [0.2, 0.25) is 0 Å². The van der Waals surface area contributed by atoms with Crippen molar-refractivity contribution < 1.29 is 9.15 Å². The van der Waals surface area contributed by atoms with E-state index in [9.17, 15) is 0 Å². The lowest BCUT2D eigenvalue weighted by molar-refractivity contribution is 0.00863. The first kappa shape index (κ1) is 15.0. The predicted octanol–water partition coefficient (Wildman–Crippen LogP) is 3.16. The summed E-state index contributed by atoms with van der Waals surface area (Å²) < 4.78 is 11.1. The zero-order chi connectivity index (χ0) is 14.6. The molecule has 1 N–H and O–H groups in total. The van der Waals surface area contributed by atoms with E-state index in [0.717, 1.165) is 36.4 Å². The Morgan fingerprint density at radius 2 is 2.10 bits per heavy atom. The highest BCUT2D eigenvalue weighted by Crippen LogP contribution is 2.16. The van der Waals surface area contributed by atoms with Crippen molar-refractivity contribution in [1.29, 1.82) is 0 Å². The van der Waals surface area contributed by atoms with Crippen LogP contribution in [-0.4, -0.2) is 30.3 Å². The van der Waals surface area contributed by atoms with Gasteiger partial charge in [0, 0.05) is 26.1 Å². The summed E-state index contributed by atoms with van der Waals surface area (Å²) in [5.74, 6) is 0.789. The third-order valence-electron chi connectivity index (χ3n) is 3.52. The highest BCUT2D eigenvalue weighted by atomic mass is 16.5. The Morgan fingerprint density at radius 1 is 1.35 bits per heavy atom. The van der Waals surface area contributed by atoms with E-state index in [1.807, 2.05) is 24.3 Å². The fraction of sp³-hybridized carbons (Fsp3) is 0.562. The van der Waals surface area contributed by atoms with Crippen LogP contribution in [0.25, 0.3) is 11.1 Å². The predicted molar refractivity (Wildman–Crippen MR) is 80.9 cm³/mol. The molecule has 110 valence electrons. The highest BCUT2D eigenvalue weighted by molar-refractivity contribution is 5.72. The molecule has 1 atom stereocenters. The zero-order valence-corrected chi connectivity index (χ0v) is 12.8. The molecule has 0 bridgehead atoms. The average Bonchev–Trinajstić information content (AvgIpc) is 2.80.